The second kappa shape index (κ2) is 27.2. The predicted octanol–water partition coefficient (Wildman–Crippen LogP) is 2.93. The minimum atomic E-state index is -1.92. The zero-order valence-corrected chi connectivity index (χ0v) is 39.3. The van der Waals surface area contributed by atoms with Gasteiger partial charge in [-0.2, -0.15) is 0 Å². The van der Waals surface area contributed by atoms with Crippen molar-refractivity contribution in [1.29, 1.82) is 0 Å². The van der Waals surface area contributed by atoms with Crippen molar-refractivity contribution in [1.82, 2.24) is 5.32 Å². The Hall–Kier alpha value is -6.39. The third-order valence-electron chi connectivity index (χ3n) is 12.8. The number of nitrogens with one attached hydrogen (secondary N) is 1. The number of hydrogen-bond donors (Lipinski definition) is 7. The van der Waals surface area contributed by atoms with Gasteiger partial charge < -0.3 is 79.2 Å². The maximum Gasteiger partial charge on any atom is 0.407 e. The monoisotopic (exact) mass is 1030 g/mol. The first-order chi connectivity index (χ1) is 36.0. The standard InChI is InChI=1S/C45H56N14O15/c46-31-35(62)41(74-44-37(64)38(30(19-60)71-44)72-43-32(55-59-50)36(63)34(61)29(70-43)18-52-57-48)40(33(39(31)67-21-24-12-6-2-7-13-24)53-45(65)68-22-25-14-8-3-9-15-25)73-42-26(54-58-49)16-27(28(69-42)17-51-56-47)66-20-23-10-4-1-5-11-23/h1-15,26-44,60-64H,16-22,46H2,(H,53,65)/t26-,27+,28-,29+,30-,31+,32-,33+,34-,35+,36-,37-,38-,39-,40-,41-,42-,43-,44+/m1/s1. The van der Waals surface area contributed by atoms with Crippen molar-refractivity contribution in [2.45, 2.75) is 143 Å². The van der Waals surface area contributed by atoms with Crippen molar-refractivity contribution < 1.29 is 73.0 Å². The van der Waals surface area contributed by atoms with Gasteiger partial charge in [0.15, 0.2) is 18.9 Å². The highest BCUT2D eigenvalue weighted by Crippen LogP contribution is 2.38. The number of benzene rings is 3. The van der Waals surface area contributed by atoms with Crippen LogP contribution < -0.4 is 11.1 Å². The van der Waals surface area contributed by atoms with Crippen LogP contribution in [0.1, 0.15) is 23.1 Å². The first-order valence-corrected chi connectivity index (χ1v) is 23.4. The molecule has 74 heavy (non-hydrogen) atoms. The Morgan fingerprint density at radius 1 is 0.608 bits per heavy atom. The smallest absolute Gasteiger partial charge is 0.407 e. The highest BCUT2D eigenvalue weighted by Gasteiger charge is 2.58. The fourth-order valence-electron chi connectivity index (χ4n) is 9.05. The number of nitrogens with zero attached hydrogens (tertiary/aromatic N) is 12. The van der Waals surface area contributed by atoms with Crippen LogP contribution in [0.25, 0.3) is 41.8 Å². The molecule has 0 radical (unpaired) electrons. The van der Waals surface area contributed by atoms with Crippen LogP contribution in [0.3, 0.4) is 0 Å². The number of hydrogen-bond acceptors (Lipinski definition) is 20. The van der Waals surface area contributed by atoms with E-state index in [2.05, 4.69) is 45.4 Å². The van der Waals surface area contributed by atoms with Crippen molar-refractivity contribution in [3.05, 3.63) is 149 Å². The summed E-state index contributed by atoms with van der Waals surface area (Å²) in [5.41, 5.74) is 46.4. The normalized spacial score (nSPS) is 34.6. The highest BCUT2D eigenvalue weighted by molar-refractivity contribution is 5.68. The lowest BCUT2D eigenvalue weighted by atomic mass is 9.81. The first kappa shape index (κ1) is 55.4. The van der Waals surface area contributed by atoms with Crippen LogP contribution in [0, 0.1) is 0 Å². The van der Waals surface area contributed by atoms with Crippen LogP contribution in [-0.4, -0.2) is 168 Å². The van der Waals surface area contributed by atoms with E-state index in [1.807, 2.05) is 30.3 Å². The zero-order chi connectivity index (χ0) is 52.6. The number of amides is 1. The Labute approximate surface area is 421 Å². The van der Waals surface area contributed by atoms with Crippen molar-refractivity contribution in [2.24, 2.45) is 26.2 Å². The van der Waals surface area contributed by atoms with E-state index in [1.165, 1.54) is 0 Å². The predicted molar refractivity (Wildman–Crippen MR) is 252 cm³/mol. The summed E-state index contributed by atoms with van der Waals surface area (Å²) in [4.78, 5) is 25.2. The van der Waals surface area contributed by atoms with Crippen LogP contribution in [-0.2, 0) is 62.5 Å². The summed E-state index contributed by atoms with van der Waals surface area (Å²) < 4.78 is 55.6. The number of rotatable bonds is 22. The van der Waals surface area contributed by atoms with E-state index in [0.717, 1.165) is 5.56 Å². The van der Waals surface area contributed by atoms with Gasteiger partial charge in [-0.25, -0.2) is 4.79 Å². The summed E-state index contributed by atoms with van der Waals surface area (Å²) in [5.74, 6) is 0. The molecule has 396 valence electrons. The van der Waals surface area contributed by atoms with Crippen LogP contribution in [0.5, 0.6) is 0 Å². The van der Waals surface area contributed by atoms with Gasteiger partial charge in [-0.15, -0.1) is 0 Å². The maximum absolute atomic E-state index is 14.0. The summed E-state index contributed by atoms with van der Waals surface area (Å²) in [5, 5.41) is 73.7. The lowest BCUT2D eigenvalue weighted by Gasteiger charge is -2.50. The number of aliphatic hydroxyl groups excluding tert-OH is 5. The van der Waals surface area contributed by atoms with Crippen molar-refractivity contribution >= 4 is 6.09 Å². The molecule has 8 N–H and O–H groups in total. The molecule has 1 amide bonds. The third-order valence-corrected chi connectivity index (χ3v) is 12.8. The molecular formula is C45H56N14O15. The molecule has 4 fully saturated rings. The van der Waals surface area contributed by atoms with Gasteiger partial charge in [0.1, 0.15) is 55.4 Å². The van der Waals surface area contributed by atoms with E-state index in [1.54, 1.807) is 60.7 Å². The third kappa shape index (κ3) is 13.9. The molecule has 0 bridgehead atoms. The second-order valence-corrected chi connectivity index (χ2v) is 17.5. The SMILES string of the molecule is [N-]=[N+]=NC[C@@H]1O[C@H](O[C@H]2[C@@H](O)[C@H](O[C@@H]3[C@@H](O)[C@H](N)[C@@H](OCc4ccccc4)[C@H](NC(=O)OCc4ccccc4)[C@H]3O[C@H]3O[C@H](CN=[N+]=[N-])[C@@H](OCc4ccccc4)C[C@H]3N=[N+]=[N-])O[C@@H]2CO)[C@H](N=[N+]=[N-])[C@@H](O)[C@@H]1O. The van der Waals surface area contributed by atoms with Gasteiger partial charge in [0.2, 0.25) is 0 Å². The van der Waals surface area contributed by atoms with Crippen LogP contribution >= 0.6 is 0 Å². The molecule has 3 aromatic carbocycles. The summed E-state index contributed by atoms with van der Waals surface area (Å²) in [7, 11) is 0. The maximum atomic E-state index is 14.0. The van der Waals surface area contributed by atoms with E-state index >= 15 is 0 Å². The van der Waals surface area contributed by atoms with E-state index < -0.39 is 136 Å². The average Bonchev–Trinajstić information content (AvgIpc) is 3.72. The van der Waals surface area contributed by atoms with Crippen molar-refractivity contribution in [3.63, 3.8) is 0 Å². The van der Waals surface area contributed by atoms with Gasteiger partial charge in [-0.05, 0) is 45.2 Å². The topological polar surface area (TPSA) is 434 Å². The molecule has 1 saturated carbocycles. The number of carbonyl (C=O) groups excluding carboxylic acids is 1. The van der Waals surface area contributed by atoms with Crippen LogP contribution in [0.4, 0.5) is 4.79 Å². The largest absolute Gasteiger partial charge is 0.445 e. The molecule has 3 aromatic rings. The molecular weight excluding hydrogens is 977 g/mol. The Bertz CT molecular complexity index is 2460. The second-order valence-electron chi connectivity index (χ2n) is 17.5. The molecule has 1 aliphatic carbocycles. The van der Waals surface area contributed by atoms with Gasteiger partial charge in [0.05, 0.1) is 81.6 Å². The van der Waals surface area contributed by atoms with E-state index in [-0.39, 0.29) is 32.8 Å². The summed E-state index contributed by atoms with van der Waals surface area (Å²) in [6.07, 6.45) is -24.6. The number of alkyl carbamates (subject to hydrolysis) is 1. The summed E-state index contributed by atoms with van der Waals surface area (Å²) in [6.45, 7) is -1.83. The average molecular weight is 1030 g/mol. The first-order valence-electron chi connectivity index (χ1n) is 23.4. The molecule has 0 unspecified atom stereocenters. The number of ether oxygens (including phenoxy) is 9. The Balaban J connectivity index is 1.23. The Kier molecular flexibility index (Phi) is 20.4. The lowest BCUT2D eigenvalue weighted by molar-refractivity contribution is -0.307. The summed E-state index contributed by atoms with van der Waals surface area (Å²) >= 11 is 0. The van der Waals surface area contributed by atoms with E-state index in [0.29, 0.717) is 11.1 Å². The van der Waals surface area contributed by atoms with Gasteiger partial charge in [-0.3, -0.25) is 0 Å². The van der Waals surface area contributed by atoms with Crippen LogP contribution in [0.2, 0.25) is 0 Å². The minimum Gasteiger partial charge on any atom is -0.445 e. The fraction of sp³-hybridized carbons (Fsp3) is 0.578. The number of aliphatic hydroxyl groups is 5. The number of carbonyl (C=O) groups is 1. The lowest BCUT2D eigenvalue weighted by Crippen LogP contribution is -2.73. The van der Waals surface area contributed by atoms with Crippen LogP contribution in [0.15, 0.2) is 111 Å². The Morgan fingerprint density at radius 3 is 1.74 bits per heavy atom. The number of azide groups is 4. The van der Waals surface area contributed by atoms with Gasteiger partial charge in [-0.1, -0.05) is 111 Å². The Morgan fingerprint density at radius 2 is 1.15 bits per heavy atom. The number of nitrogens with two attached hydrogens (primary N) is 1. The molecule has 3 heterocycles. The van der Waals surface area contributed by atoms with E-state index in [9.17, 15) is 46.9 Å². The van der Waals surface area contributed by atoms with E-state index in [4.69, 9.17) is 53.9 Å². The van der Waals surface area contributed by atoms with Gasteiger partial charge in [0.25, 0.3) is 0 Å². The molecule has 0 spiro atoms. The molecule has 4 aliphatic rings. The quantitative estimate of drug-likeness (QED) is 0.0432. The molecule has 3 aliphatic heterocycles. The van der Waals surface area contributed by atoms with Crippen molar-refractivity contribution in [3.8, 4) is 0 Å². The molecule has 29 heteroatoms. The van der Waals surface area contributed by atoms with Crippen molar-refractivity contribution in [2.75, 3.05) is 19.7 Å². The minimum absolute atomic E-state index is 0.0597. The molecule has 19 atom stereocenters. The van der Waals surface area contributed by atoms with Gasteiger partial charge >= 0.3 is 6.09 Å². The zero-order valence-electron chi connectivity index (χ0n) is 39.3. The molecule has 29 nitrogen and oxygen atoms in total. The molecule has 3 saturated heterocycles. The summed E-state index contributed by atoms with van der Waals surface area (Å²) in [6, 6.07) is 21.0. The van der Waals surface area contributed by atoms with Gasteiger partial charge in [0, 0.05) is 19.6 Å². The highest BCUT2D eigenvalue weighted by atomic mass is 16.8. The molecule has 0 aromatic heterocycles. The fourth-order valence-corrected chi connectivity index (χ4v) is 9.05. The molecule has 7 rings (SSSR count).